The molecule has 1 amide bonds. The average molecular weight is 590 g/mol. The van der Waals surface area contributed by atoms with Crippen LogP contribution in [0.5, 0.6) is 11.5 Å². The Labute approximate surface area is 226 Å². The van der Waals surface area contributed by atoms with Crippen LogP contribution in [-0.2, 0) is 19.1 Å². The molecule has 9 nitrogen and oxygen atoms in total. The van der Waals surface area contributed by atoms with Gasteiger partial charge in [0, 0.05) is 10.0 Å². The summed E-state index contributed by atoms with van der Waals surface area (Å²) < 4.78 is 21.0. The van der Waals surface area contributed by atoms with Crippen LogP contribution in [0, 0.1) is 6.92 Å². The molecule has 0 atom stereocenters. The van der Waals surface area contributed by atoms with Crippen LogP contribution in [0.15, 0.2) is 62.1 Å². The molecule has 1 aliphatic heterocycles. The highest BCUT2D eigenvalue weighted by molar-refractivity contribution is 9.10. The number of hydrogen-bond donors (Lipinski definition) is 1. The highest BCUT2D eigenvalue weighted by Gasteiger charge is 2.34. The lowest BCUT2D eigenvalue weighted by atomic mass is 10.1. The average Bonchev–Trinajstić information content (AvgIpc) is 3.18. The number of nitrogens with zero attached hydrogens (tertiary/aromatic N) is 1. The summed E-state index contributed by atoms with van der Waals surface area (Å²) in [5.41, 5.74) is 1.69. The van der Waals surface area contributed by atoms with E-state index in [0.717, 1.165) is 17.3 Å². The second kappa shape index (κ2) is 12.6. The maximum atomic E-state index is 12.8. The molecule has 0 aliphatic carbocycles. The van der Waals surface area contributed by atoms with Crippen LogP contribution < -0.4 is 9.47 Å². The summed E-state index contributed by atoms with van der Waals surface area (Å²) in [6, 6.07) is 10.1. The number of rotatable bonds is 8. The molecule has 0 bridgehead atoms. The number of halogens is 1. The van der Waals surface area contributed by atoms with E-state index in [9.17, 15) is 19.5 Å². The Balaban J connectivity index is 2.00. The predicted molar refractivity (Wildman–Crippen MR) is 143 cm³/mol. The number of carbonyl (C=O) groups excluding carboxylic acids is 3. The lowest BCUT2D eigenvalue weighted by Gasteiger charge is -2.12. The van der Waals surface area contributed by atoms with E-state index >= 15 is 0 Å². The molecular formula is C26H24BrNO8S. The lowest BCUT2D eigenvalue weighted by Crippen LogP contribution is -2.14. The quantitative estimate of drug-likeness (QED) is 0.423. The zero-order chi connectivity index (χ0) is 27.1. The van der Waals surface area contributed by atoms with Gasteiger partial charge in [-0.25, -0.2) is 14.6 Å². The maximum absolute atomic E-state index is 12.8. The molecule has 0 saturated carbocycles. The number of aryl methyl sites for hydroxylation is 1. The van der Waals surface area contributed by atoms with Gasteiger partial charge in [-0.1, -0.05) is 45.4 Å². The number of aliphatic hydroxyl groups is 1. The second-order valence-corrected chi connectivity index (χ2v) is 9.42. The number of esters is 2. The van der Waals surface area contributed by atoms with Gasteiger partial charge in [0.1, 0.15) is 16.4 Å². The molecule has 1 N–H and O–H groups in total. The van der Waals surface area contributed by atoms with Gasteiger partial charge in [0.05, 0.1) is 25.7 Å². The molecule has 37 heavy (non-hydrogen) atoms. The minimum absolute atomic E-state index is 0.0221. The van der Waals surface area contributed by atoms with Crippen LogP contribution in [-0.4, -0.2) is 55.4 Å². The van der Waals surface area contributed by atoms with Gasteiger partial charge in [0.25, 0.3) is 5.91 Å². The van der Waals surface area contributed by atoms with Crippen molar-refractivity contribution >= 4 is 56.7 Å². The normalized spacial score (nSPS) is 15.2. The van der Waals surface area contributed by atoms with Crippen LogP contribution in [0.4, 0.5) is 0 Å². The Kier molecular flexibility index (Phi) is 9.54. The molecule has 11 heteroatoms. The Morgan fingerprint density at radius 1 is 1.11 bits per heavy atom. The zero-order valence-corrected chi connectivity index (χ0v) is 22.9. The Morgan fingerprint density at radius 2 is 1.81 bits per heavy atom. The fraction of sp³-hybridized carbons (Fsp3) is 0.231. The number of hydrogen-bond acceptors (Lipinski definition) is 9. The third-order valence-electron chi connectivity index (χ3n) is 5.01. The van der Waals surface area contributed by atoms with Gasteiger partial charge in [0.15, 0.2) is 18.1 Å². The van der Waals surface area contributed by atoms with Crippen molar-refractivity contribution in [1.82, 2.24) is 0 Å². The Hall–Kier alpha value is -3.57. The monoisotopic (exact) mass is 589 g/mol. The molecule has 1 aliphatic rings. The van der Waals surface area contributed by atoms with Gasteiger partial charge in [0.2, 0.25) is 0 Å². The summed E-state index contributed by atoms with van der Waals surface area (Å²) in [7, 11) is 2.69. The number of aliphatic imine (C=N–C) groups is 1. The first-order chi connectivity index (χ1) is 17.7. The molecule has 2 aromatic rings. The summed E-state index contributed by atoms with van der Waals surface area (Å²) in [4.78, 5) is 41.2. The van der Waals surface area contributed by atoms with E-state index in [1.54, 1.807) is 49.4 Å². The van der Waals surface area contributed by atoms with Gasteiger partial charge in [-0.3, -0.25) is 4.79 Å². The maximum Gasteiger partial charge on any atom is 0.344 e. The third kappa shape index (κ3) is 6.80. The summed E-state index contributed by atoms with van der Waals surface area (Å²) in [6.45, 7) is 3.30. The molecule has 0 radical (unpaired) electrons. The molecular weight excluding hydrogens is 566 g/mol. The molecule has 2 aromatic carbocycles. The Bertz CT molecular complexity index is 1310. The van der Waals surface area contributed by atoms with Crippen LogP contribution in [0.2, 0.25) is 0 Å². The number of methoxy groups -OCH3 is 2. The van der Waals surface area contributed by atoms with Gasteiger partial charge in [-0.05, 0) is 49.8 Å². The van der Waals surface area contributed by atoms with Crippen LogP contribution in [0.1, 0.15) is 28.4 Å². The van der Waals surface area contributed by atoms with Crippen molar-refractivity contribution in [1.29, 1.82) is 0 Å². The van der Waals surface area contributed by atoms with E-state index in [2.05, 4.69) is 25.7 Å². The Morgan fingerprint density at radius 3 is 2.43 bits per heavy atom. The number of benzene rings is 2. The minimum atomic E-state index is -0.797. The first-order valence-electron chi connectivity index (χ1n) is 11.0. The molecule has 1 heterocycles. The predicted octanol–water partition coefficient (Wildman–Crippen LogP) is 5.02. The first kappa shape index (κ1) is 28.0. The topological polar surface area (TPSA) is 121 Å². The van der Waals surface area contributed by atoms with Gasteiger partial charge in [-0.2, -0.15) is 0 Å². The summed E-state index contributed by atoms with van der Waals surface area (Å²) in [5, 5.41) is 10.9. The lowest BCUT2D eigenvalue weighted by molar-refractivity contribution is -0.143. The van der Waals surface area contributed by atoms with Gasteiger partial charge < -0.3 is 24.1 Å². The molecule has 3 rings (SSSR count). The third-order valence-corrected chi connectivity index (χ3v) is 6.72. The van der Waals surface area contributed by atoms with E-state index in [1.165, 1.54) is 14.2 Å². The molecule has 0 unspecified atom stereocenters. The smallest absolute Gasteiger partial charge is 0.344 e. The summed E-state index contributed by atoms with van der Waals surface area (Å²) in [6.07, 6.45) is 1.59. The minimum Gasteiger partial charge on any atom is -0.506 e. The van der Waals surface area contributed by atoms with Crippen molar-refractivity contribution in [3.63, 3.8) is 0 Å². The molecule has 0 aromatic heterocycles. The van der Waals surface area contributed by atoms with Crippen molar-refractivity contribution in [3.8, 4) is 11.5 Å². The van der Waals surface area contributed by atoms with Gasteiger partial charge >= 0.3 is 11.9 Å². The number of thioether (sulfide) groups is 1. The SMILES string of the molecule is CCOC(=O)C1=C(O)/C(=C/c2cc(OC)c(OCC(=O)OC)cc2Br)SC1=NC(=O)c1ccc(C)cc1. The van der Waals surface area contributed by atoms with Crippen molar-refractivity contribution < 1.29 is 38.4 Å². The first-order valence-corrected chi connectivity index (χ1v) is 12.6. The van der Waals surface area contributed by atoms with E-state index in [4.69, 9.17) is 14.2 Å². The summed E-state index contributed by atoms with van der Waals surface area (Å²) in [5.74, 6) is -1.67. The van der Waals surface area contributed by atoms with Gasteiger partial charge in [-0.15, -0.1) is 0 Å². The van der Waals surface area contributed by atoms with E-state index in [0.29, 0.717) is 27.1 Å². The molecule has 0 spiro atoms. The number of ether oxygens (including phenoxy) is 4. The zero-order valence-electron chi connectivity index (χ0n) is 20.5. The van der Waals surface area contributed by atoms with Crippen molar-refractivity contribution in [2.45, 2.75) is 13.8 Å². The highest BCUT2D eigenvalue weighted by Crippen LogP contribution is 2.42. The van der Waals surface area contributed by atoms with Crippen LogP contribution in [0.25, 0.3) is 6.08 Å². The van der Waals surface area contributed by atoms with Crippen molar-refractivity contribution in [2.24, 2.45) is 4.99 Å². The number of amides is 1. The van der Waals surface area contributed by atoms with Crippen LogP contribution >= 0.6 is 27.7 Å². The van der Waals surface area contributed by atoms with E-state index in [-0.39, 0.29) is 34.5 Å². The number of carbonyl (C=O) groups is 3. The van der Waals surface area contributed by atoms with Crippen LogP contribution in [0.3, 0.4) is 0 Å². The largest absolute Gasteiger partial charge is 0.506 e. The van der Waals surface area contributed by atoms with E-state index < -0.39 is 17.8 Å². The second-order valence-electron chi connectivity index (χ2n) is 7.53. The summed E-state index contributed by atoms with van der Waals surface area (Å²) >= 11 is 4.40. The highest BCUT2D eigenvalue weighted by atomic mass is 79.9. The van der Waals surface area contributed by atoms with E-state index in [1.807, 2.05) is 6.92 Å². The fourth-order valence-electron chi connectivity index (χ4n) is 3.12. The standard InChI is InChI=1S/C26H24BrNO8S/c1-5-35-26(32)22-23(30)20(37-25(22)28-24(31)15-8-6-14(2)7-9-15)11-16-10-18(33-3)19(12-17(16)27)36-13-21(29)34-4/h6-12,30H,5,13H2,1-4H3/b20-11-,28-25?. The molecule has 0 saturated heterocycles. The number of aliphatic hydroxyl groups excluding tert-OH is 1. The van der Waals surface area contributed by atoms with Crippen molar-refractivity contribution in [3.05, 3.63) is 73.8 Å². The fourth-order valence-corrected chi connectivity index (χ4v) is 4.56. The molecule has 0 fully saturated rings. The van der Waals surface area contributed by atoms with Crippen molar-refractivity contribution in [2.75, 3.05) is 27.4 Å². The molecule has 194 valence electrons.